The second-order valence-electron chi connectivity index (χ2n) is 5.36. The summed E-state index contributed by atoms with van der Waals surface area (Å²) in [6.45, 7) is 4.74. The van der Waals surface area contributed by atoms with Crippen LogP contribution in [0.3, 0.4) is 0 Å². The number of benzene rings is 1. The van der Waals surface area contributed by atoms with Crippen LogP contribution in [0.4, 0.5) is 0 Å². The first-order valence-corrected chi connectivity index (χ1v) is 7.57. The molecule has 112 valence electrons. The first-order chi connectivity index (χ1) is 10.2. The van der Waals surface area contributed by atoms with E-state index >= 15 is 0 Å². The van der Waals surface area contributed by atoms with E-state index in [2.05, 4.69) is 17.3 Å². The highest BCUT2D eigenvalue weighted by molar-refractivity contribution is 5.78. The summed E-state index contributed by atoms with van der Waals surface area (Å²) in [5.74, 6) is 0.245. The van der Waals surface area contributed by atoms with E-state index in [1.54, 1.807) is 0 Å². The molecule has 0 spiro atoms. The molecule has 2 rings (SSSR count). The number of para-hydroxylation sites is 1. The lowest BCUT2D eigenvalue weighted by atomic mass is 10.1. The van der Waals surface area contributed by atoms with Gasteiger partial charge in [0.25, 0.3) is 0 Å². The van der Waals surface area contributed by atoms with Gasteiger partial charge in [-0.3, -0.25) is 4.79 Å². The molecule has 1 atom stereocenters. The summed E-state index contributed by atoms with van der Waals surface area (Å²) in [5, 5.41) is 7.34. The Morgan fingerprint density at radius 1 is 1.33 bits per heavy atom. The number of amides is 1. The van der Waals surface area contributed by atoms with Gasteiger partial charge in [-0.2, -0.15) is 5.10 Å². The number of aromatic nitrogens is 2. The Morgan fingerprint density at radius 3 is 2.81 bits per heavy atom. The highest BCUT2D eigenvalue weighted by Gasteiger charge is 2.10. The molecule has 0 radical (unpaired) electrons. The Hall–Kier alpha value is -2.10. The van der Waals surface area contributed by atoms with Gasteiger partial charge in [0.15, 0.2) is 0 Å². The maximum Gasteiger partial charge on any atom is 0.222 e. The Balaban J connectivity index is 1.82. The number of hydrogen-bond acceptors (Lipinski definition) is 2. The van der Waals surface area contributed by atoms with Crippen molar-refractivity contribution in [3.8, 4) is 5.69 Å². The fraction of sp³-hybridized carbons (Fsp3) is 0.412. The molecule has 21 heavy (non-hydrogen) atoms. The van der Waals surface area contributed by atoms with E-state index in [0.29, 0.717) is 6.54 Å². The van der Waals surface area contributed by atoms with Crippen molar-refractivity contribution >= 4 is 5.91 Å². The number of nitrogens with one attached hydrogen (secondary N) is 1. The molecular formula is C17H23N3O. The van der Waals surface area contributed by atoms with Crippen LogP contribution in [-0.4, -0.2) is 22.2 Å². The predicted molar refractivity (Wildman–Crippen MR) is 84.3 cm³/mol. The molecule has 0 aliphatic heterocycles. The number of carbonyl (C=O) groups is 1. The van der Waals surface area contributed by atoms with E-state index in [0.717, 1.165) is 30.5 Å². The fourth-order valence-corrected chi connectivity index (χ4v) is 2.28. The zero-order chi connectivity index (χ0) is 15.1. The quantitative estimate of drug-likeness (QED) is 0.850. The third-order valence-electron chi connectivity index (χ3n) is 3.54. The number of rotatable bonds is 7. The zero-order valence-electron chi connectivity index (χ0n) is 12.7. The molecule has 1 aromatic carbocycles. The van der Waals surface area contributed by atoms with Crippen molar-refractivity contribution in [1.29, 1.82) is 0 Å². The molecule has 0 aliphatic rings. The van der Waals surface area contributed by atoms with Crippen molar-refractivity contribution in [2.24, 2.45) is 5.92 Å². The first kappa shape index (κ1) is 15.3. The summed E-state index contributed by atoms with van der Waals surface area (Å²) in [4.78, 5) is 11.8. The summed E-state index contributed by atoms with van der Waals surface area (Å²) >= 11 is 0. The van der Waals surface area contributed by atoms with Gasteiger partial charge in [-0.1, -0.05) is 38.5 Å². The summed E-state index contributed by atoms with van der Waals surface area (Å²) in [5.41, 5.74) is 2.17. The second kappa shape index (κ2) is 7.62. The van der Waals surface area contributed by atoms with Gasteiger partial charge in [0, 0.05) is 18.7 Å². The number of hydrogen-bond donors (Lipinski definition) is 1. The third-order valence-corrected chi connectivity index (χ3v) is 3.54. The van der Waals surface area contributed by atoms with Gasteiger partial charge in [0.2, 0.25) is 5.91 Å². The summed E-state index contributed by atoms with van der Waals surface area (Å²) in [6, 6.07) is 10.0. The lowest BCUT2D eigenvalue weighted by molar-refractivity contribution is -0.124. The highest BCUT2D eigenvalue weighted by Crippen LogP contribution is 2.08. The van der Waals surface area contributed by atoms with Crippen LogP contribution in [0, 0.1) is 5.92 Å². The average Bonchev–Trinajstić information content (AvgIpc) is 2.97. The standard InChI is InChI=1S/C17H23N3O/c1-3-7-14(2)17(21)18-11-10-15-12-19-20(13-15)16-8-5-4-6-9-16/h4-6,8-9,12-14H,3,7,10-11H2,1-2H3,(H,18,21). The molecular weight excluding hydrogens is 262 g/mol. The van der Waals surface area contributed by atoms with Crippen molar-refractivity contribution in [2.45, 2.75) is 33.1 Å². The molecule has 4 nitrogen and oxygen atoms in total. The lowest BCUT2D eigenvalue weighted by Crippen LogP contribution is -2.30. The predicted octanol–water partition coefficient (Wildman–Crippen LogP) is 2.97. The maximum absolute atomic E-state index is 11.8. The van der Waals surface area contributed by atoms with Crippen LogP contribution >= 0.6 is 0 Å². The Bertz CT molecular complexity index is 562. The fourth-order valence-electron chi connectivity index (χ4n) is 2.28. The smallest absolute Gasteiger partial charge is 0.222 e. The Morgan fingerprint density at radius 2 is 2.10 bits per heavy atom. The van der Waals surface area contributed by atoms with Gasteiger partial charge < -0.3 is 5.32 Å². The molecule has 4 heteroatoms. The van der Waals surface area contributed by atoms with Crippen molar-refractivity contribution in [2.75, 3.05) is 6.54 Å². The Labute approximate surface area is 126 Å². The summed E-state index contributed by atoms with van der Waals surface area (Å²) < 4.78 is 1.86. The van der Waals surface area contributed by atoms with Gasteiger partial charge in [-0.25, -0.2) is 4.68 Å². The van der Waals surface area contributed by atoms with E-state index in [4.69, 9.17) is 0 Å². The molecule has 1 N–H and O–H groups in total. The van der Waals surface area contributed by atoms with Crippen molar-refractivity contribution < 1.29 is 4.79 Å². The van der Waals surface area contributed by atoms with Crippen LogP contribution in [0.5, 0.6) is 0 Å². The lowest BCUT2D eigenvalue weighted by Gasteiger charge is -2.10. The van der Waals surface area contributed by atoms with E-state index in [1.165, 1.54) is 0 Å². The van der Waals surface area contributed by atoms with Crippen LogP contribution < -0.4 is 5.32 Å². The van der Waals surface area contributed by atoms with E-state index in [-0.39, 0.29) is 11.8 Å². The van der Waals surface area contributed by atoms with Crippen LogP contribution in [0.1, 0.15) is 32.3 Å². The first-order valence-electron chi connectivity index (χ1n) is 7.57. The van der Waals surface area contributed by atoms with Crippen molar-refractivity contribution in [1.82, 2.24) is 15.1 Å². The highest BCUT2D eigenvalue weighted by atomic mass is 16.1. The molecule has 0 bridgehead atoms. The average molecular weight is 285 g/mol. The number of carbonyl (C=O) groups excluding carboxylic acids is 1. The molecule has 1 unspecified atom stereocenters. The molecule has 1 aromatic heterocycles. The van der Waals surface area contributed by atoms with Gasteiger partial charge in [-0.15, -0.1) is 0 Å². The van der Waals surface area contributed by atoms with Crippen LogP contribution in [0.15, 0.2) is 42.7 Å². The van der Waals surface area contributed by atoms with Crippen molar-refractivity contribution in [3.05, 3.63) is 48.3 Å². The molecule has 0 saturated carbocycles. The normalized spacial score (nSPS) is 12.1. The van der Waals surface area contributed by atoms with Gasteiger partial charge in [-0.05, 0) is 30.5 Å². The monoisotopic (exact) mass is 285 g/mol. The molecule has 1 amide bonds. The minimum atomic E-state index is 0.0991. The molecule has 2 aromatic rings. The molecule has 0 fully saturated rings. The topological polar surface area (TPSA) is 46.9 Å². The van der Waals surface area contributed by atoms with Crippen LogP contribution in [0.2, 0.25) is 0 Å². The largest absolute Gasteiger partial charge is 0.356 e. The van der Waals surface area contributed by atoms with Gasteiger partial charge in [0.1, 0.15) is 0 Å². The van der Waals surface area contributed by atoms with E-state index in [9.17, 15) is 4.79 Å². The van der Waals surface area contributed by atoms with Gasteiger partial charge >= 0.3 is 0 Å². The van der Waals surface area contributed by atoms with Gasteiger partial charge in [0.05, 0.1) is 11.9 Å². The maximum atomic E-state index is 11.8. The van der Waals surface area contributed by atoms with Crippen LogP contribution in [-0.2, 0) is 11.2 Å². The minimum absolute atomic E-state index is 0.0991. The van der Waals surface area contributed by atoms with E-state index in [1.807, 2.05) is 54.3 Å². The molecule has 0 saturated heterocycles. The zero-order valence-corrected chi connectivity index (χ0v) is 12.7. The SMILES string of the molecule is CCCC(C)C(=O)NCCc1cnn(-c2ccccc2)c1. The summed E-state index contributed by atoms with van der Waals surface area (Å²) in [6.07, 6.45) is 6.65. The second-order valence-corrected chi connectivity index (χ2v) is 5.36. The van der Waals surface area contributed by atoms with E-state index < -0.39 is 0 Å². The van der Waals surface area contributed by atoms with Crippen LogP contribution in [0.25, 0.3) is 5.69 Å². The molecule has 1 heterocycles. The number of nitrogens with zero attached hydrogens (tertiary/aromatic N) is 2. The third kappa shape index (κ3) is 4.45. The molecule has 0 aliphatic carbocycles. The Kier molecular flexibility index (Phi) is 5.55. The minimum Gasteiger partial charge on any atom is -0.356 e. The van der Waals surface area contributed by atoms with Crippen molar-refractivity contribution in [3.63, 3.8) is 0 Å². The summed E-state index contributed by atoms with van der Waals surface area (Å²) in [7, 11) is 0.